The third-order valence-electron chi connectivity index (χ3n) is 2.36. The first-order valence-corrected chi connectivity index (χ1v) is 6.48. The van der Waals surface area contributed by atoms with Gasteiger partial charge in [0, 0.05) is 16.1 Å². The van der Waals surface area contributed by atoms with Gasteiger partial charge in [-0.2, -0.15) is 0 Å². The second-order valence-corrected chi connectivity index (χ2v) is 5.23. The van der Waals surface area contributed by atoms with Crippen molar-refractivity contribution in [1.82, 2.24) is 10.3 Å². The van der Waals surface area contributed by atoms with Crippen LogP contribution in [0.25, 0.3) is 11.3 Å². The predicted molar refractivity (Wildman–Crippen MR) is 71.6 cm³/mol. The third kappa shape index (κ3) is 3.40. The van der Waals surface area contributed by atoms with Crippen LogP contribution in [0.4, 0.5) is 4.39 Å². The number of oxazole rings is 1. The molecule has 0 fully saturated rings. The number of aromatic nitrogens is 1. The van der Waals surface area contributed by atoms with Gasteiger partial charge in [-0.1, -0.05) is 29.8 Å². The highest BCUT2D eigenvalue weighted by molar-refractivity contribution is 9.10. The topological polar surface area (TPSA) is 38.1 Å². The molecule has 1 N–H and O–H groups in total. The highest BCUT2D eigenvalue weighted by Gasteiger charge is 2.08. The molecule has 5 heteroatoms. The summed E-state index contributed by atoms with van der Waals surface area (Å²) in [6.07, 6.45) is 1.61. The molecular formula is C13H14BrFN2O. The van der Waals surface area contributed by atoms with Gasteiger partial charge in [-0.05, 0) is 18.2 Å². The van der Waals surface area contributed by atoms with Crippen LogP contribution in [0, 0.1) is 5.82 Å². The lowest BCUT2D eigenvalue weighted by atomic mass is 10.2. The van der Waals surface area contributed by atoms with Crippen LogP contribution in [0.15, 0.2) is 33.3 Å². The van der Waals surface area contributed by atoms with Crippen LogP contribution in [-0.2, 0) is 6.54 Å². The van der Waals surface area contributed by atoms with Crippen LogP contribution >= 0.6 is 15.9 Å². The van der Waals surface area contributed by atoms with Gasteiger partial charge in [0.15, 0.2) is 5.76 Å². The van der Waals surface area contributed by atoms with Crippen molar-refractivity contribution in [3.63, 3.8) is 0 Å². The summed E-state index contributed by atoms with van der Waals surface area (Å²) in [5.74, 6) is 0.854. The summed E-state index contributed by atoms with van der Waals surface area (Å²) in [5, 5.41) is 3.21. The number of rotatable bonds is 4. The normalized spacial score (nSPS) is 11.2. The molecule has 18 heavy (non-hydrogen) atoms. The van der Waals surface area contributed by atoms with E-state index in [-0.39, 0.29) is 5.82 Å². The SMILES string of the molecule is CC(C)NCc1ncc(-c2cc(F)cc(Br)c2)o1. The van der Waals surface area contributed by atoms with E-state index < -0.39 is 0 Å². The fraction of sp³-hybridized carbons (Fsp3) is 0.308. The number of benzene rings is 1. The number of hydrogen-bond acceptors (Lipinski definition) is 3. The largest absolute Gasteiger partial charge is 0.439 e. The highest BCUT2D eigenvalue weighted by Crippen LogP contribution is 2.25. The Kier molecular flexibility index (Phi) is 4.14. The summed E-state index contributed by atoms with van der Waals surface area (Å²) in [6.45, 7) is 4.66. The molecule has 0 unspecified atom stereocenters. The molecule has 0 aliphatic carbocycles. The van der Waals surface area contributed by atoms with E-state index in [1.54, 1.807) is 12.3 Å². The average Bonchev–Trinajstić information content (AvgIpc) is 2.73. The van der Waals surface area contributed by atoms with Crippen LogP contribution in [0.3, 0.4) is 0 Å². The van der Waals surface area contributed by atoms with E-state index in [4.69, 9.17) is 4.42 Å². The van der Waals surface area contributed by atoms with Crippen LogP contribution in [0.5, 0.6) is 0 Å². The summed E-state index contributed by atoms with van der Waals surface area (Å²) in [5.41, 5.74) is 0.671. The summed E-state index contributed by atoms with van der Waals surface area (Å²) in [6, 6.07) is 4.98. The monoisotopic (exact) mass is 312 g/mol. The van der Waals surface area contributed by atoms with Gasteiger partial charge in [-0.3, -0.25) is 0 Å². The van der Waals surface area contributed by atoms with Crippen LogP contribution in [0.1, 0.15) is 19.7 Å². The fourth-order valence-electron chi connectivity index (χ4n) is 1.51. The molecule has 1 aromatic carbocycles. The Bertz CT molecular complexity index is 519. The van der Waals surface area contributed by atoms with Gasteiger partial charge in [0.25, 0.3) is 0 Å². The van der Waals surface area contributed by atoms with Gasteiger partial charge in [0.05, 0.1) is 12.7 Å². The summed E-state index contributed by atoms with van der Waals surface area (Å²) >= 11 is 3.25. The van der Waals surface area contributed by atoms with E-state index in [1.807, 2.05) is 13.8 Å². The van der Waals surface area contributed by atoms with E-state index in [0.29, 0.717) is 34.3 Å². The third-order valence-corrected chi connectivity index (χ3v) is 2.82. The number of halogens is 2. The second-order valence-electron chi connectivity index (χ2n) is 4.31. The van der Waals surface area contributed by atoms with Crippen molar-refractivity contribution < 1.29 is 8.81 Å². The first kappa shape index (κ1) is 13.2. The Labute approximate surface area is 114 Å². The van der Waals surface area contributed by atoms with Crippen molar-refractivity contribution in [1.29, 1.82) is 0 Å². The number of nitrogens with one attached hydrogen (secondary N) is 1. The first-order valence-electron chi connectivity index (χ1n) is 5.69. The van der Waals surface area contributed by atoms with Crippen molar-refractivity contribution in [2.24, 2.45) is 0 Å². The minimum absolute atomic E-state index is 0.308. The van der Waals surface area contributed by atoms with E-state index in [0.717, 1.165) is 0 Å². The molecule has 0 saturated heterocycles. The van der Waals surface area contributed by atoms with E-state index >= 15 is 0 Å². The molecule has 96 valence electrons. The Balaban J connectivity index is 2.18. The average molecular weight is 313 g/mol. The van der Waals surface area contributed by atoms with Crippen molar-refractivity contribution in [3.05, 3.63) is 40.6 Å². The maximum absolute atomic E-state index is 13.3. The molecule has 2 rings (SSSR count). The molecule has 0 radical (unpaired) electrons. The van der Waals surface area contributed by atoms with Gasteiger partial charge in [-0.25, -0.2) is 9.37 Å². The smallest absolute Gasteiger partial charge is 0.208 e. The van der Waals surface area contributed by atoms with Crippen molar-refractivity contribution in [2.75, 3.05) is 0 Å². The van der Waals surface area contributed by atoms with Crippen molar-refractivity contribution in [2.45, 2.75) is 26.4 Å². The van der Waals surface area contributed by atoms with E-state index in [9.17, 15) is 4.39 Å². The molecule has 0 aliphatic heterocycles. The maximum Gasteiger partial charge on any atom is 0.208 e. The highest BCUT2D eigenvalue weighted by atomic mass is 79.9. The molecule has 2 aromatic rings. The van der Waals surface area contributed by atoms with Gasteiger partial charge in [-0.15, -0.1) is 0 Å². The zero-order valence-corrected chi connectivity index (χ0v) is 11.8. The molecule has 0 aliphatic rings. The second kappa shape index (κ2) is 5.63. The molecule has 0 amide bonds. The number of nitrogens with zero attached hydrogens (tertiary/aromatic N) is 1. The van der Waals surface area contributed by atoms with Gasteiger partial charge >= 0.3 is 0 Å². The standard InChI is InChI=1S/C13H14BrFN2O/c1-8(2)16-7-13-17-6-12(18-13)9-3-10(14)5-11(15)4-9/h3-6,8,16H,7H2,1-2H3. The van der Waals surface area contributed by atoms with Gasteiger partial charge in [0.2, 0.25) is 5.89 Å². The number of hydrogen-bond donors (Lipinski definition) is 1. The quantitative estimate of drug-likeness (QED) is 0.934. The lowest BCUT2D eigenvalue weighted by Gasteiger charge is -2.04. The molecule has 0 atom stereocenters. The molecule has 3 nitrogen and oxygen atoms in total. The first-order chi connectivity index (χ1) is 8.54. The van der Waals surface area contributed by atoms with Crippen molar-refractivity contribution >= 4 is 15.9 Å². The molecule has 0 spiro atoms. The Morgan fingerprint density at radius 2 is 2.17 bits per heavy atom. The van der Waals surface area contributed by atoms with Crippen LogP contribution in [0.2, 0.25) is 0 Å². The molecule has 1 aromatic heterocycles. The Morgan fingerprint density at radius 3 is 2.83 bits per heavy atom. The fourth-order valence-corrected chi connectivity index (χ4v) is 1.98. The Morgan fingerprint density at radius 1 is 1.39 bits per heavy atom. The van der Waals surface area contributed by atoms with E-state index in [1.165, 1.54) is 12.1 Å². The molecular weight excluding hydrogens is 299 g/mol. The summed E-state index contributed by atoms with van der Waals surface area (Å²) in [7, 11) is 0. The zero-order valence-electron chi connectivity index (χ0n) is 10.2. The Hall–Kier alpha value is -1.20. The zero-order chi connectivity index (χ0) is 13.1. The summed E-state index contributed by atoms with van der Waals surface area (Å²) < 4.78 is 19.5. The molecule has 0 bridgehead atoms. The lowest BCUT2D eigenvalue weighted by Crippen LogP contribution is -2.21. The predicted octanol–water partition coefficient (Wildman–Crippen LogP) is 3.74. The summed E-state index contributed by atoms with van der Waals surface area (Å²) in [4.78, 5) is 4.16. The maximum atomic E-state index is 13.3. The van der Waals surface area contributed by atoms with Gasteiger partial charge < -0.3 is 9.73 Å². The molecule has 0 saturated carbocycles. The van der Waals surface area contributed by atoms with E-state index in [2.05, 4.69) is 26.2 Å². The minimum atomic E-state index is -0.308. The van der Waals surface area contributed by atoms with Crippen LogP contribution < -0.4 is 5.32 Å². The van der Waals surface area contributed by atoms with Gasteiger partial charge in [0.1, 0.15) is 5.82 Å². The molecule has 1 heterocycles. The van der Waals surface area contributed by atoms with Crippen molar-refractivity contribution in [3.8, 4) is 11.3 Å². The minimum Gasteiger partial charge on any atom is -0.439 e. The van der Waals surface area contributed by atoms with Crippen LogP contribution in [-0.4, -0.2) is 11.0 Å². The lowest BCUT2D eigenvalue weighted by molar-refractivity contribution is 0.458.